The van der Waals surface area contributed by atoms with Crippen molar-refractivity contribution in [2.24, 2.45) is 0 Å². The topological polar surface area (TPSA) is 101 Å². The fourth-order valence-corrected chi connectivity index (χ4v) is 4.25. The molecule has 2 aliphatic rings. The van der Waals surface area contributed by atoms with Crippen molar-refractivity contribution in [2.75, 3.05) is 5.32 Å². The Hall–Kier alpha value is -4.35. The average molecular weight is 485 g/mol. The Labute approximate surface area is 194 Å². The van der Waals surface area contributed by atoms with E-state index >= 15 is 0 Å². The van der Waals surface area contributed by atoms with Crippen molar-refractivity contribution in [2.45, 2.75) is 24.2 Å². The van der Waals surface area contributed by atoms with Gasteiger partial charge in [-0.3, -0.25) is 0 Å². The lowest BCUT2D eigenvalue weighted by atomic mass is 10.1. The third-order valence-electron chi connectivity index (χ3n) is 5.90. The molecule has 178 valence electrons. The Morgan fingerprint density at radius 2 is 1.97 bits per heavy atom. The van der Waals surface area contributed by atoms with Crippen molar-refractivity contribution >= 4 is 22.9 Å². The summed E-state index contributed by atoms with van der Waals surface area (Å²) in [5.74, 6) is 0.216. The Morgan fingerprint density at radius 3 is 2.80 bits per heavy atom. The SMILES string of the molecule is O=C(Nc1ccc(F)c(C(F)(F)F)c1)N[C@@H]1[C@H]2Oc3ccc(Oc4ccnc5nc[nH]c45)cc3[C@@H]12. The number of halogens is 4. The number of amides is 2. The van der Waals surface area contributed by atoms with E-state index in [1.165, 1.54) is 6.33 Å². The number of aromatic nitrogens is 3. The molecule has 0 bridgehead atoms. The Bertz CT molecular complexity index is 1470. The first-order chi connectivity index (χ1) is 16.8. The van der Waals surface area contributed by atoms with Crippen LogP contribution >= 0.6 is 0 Å². The molecule has 3 N–H and O–H groups in total. The molecular formula is C23H15F4N5O3. The molecule has 3 atom stereocenters. The first-order valence-electron chi connectivity index (χ1n) is 10.5. The first-order valence-corrected chi connectivity index (χ1v) is 10.5. The number of fused-ring (bicyclic) bond motifs is 4. The fourth-order valence-electron chi connectivity index (χ4n) is 4.25. The standard InChI is InChI=1S/C23H15F4N5O3/c24-14-3-1-10(7-13(14)23(25,26)27)31-22(33)32-19-17-12-8-11(2-4-15(12)35-20(17)19)34-16-5-6-28-21-18(16)29-9-30-21/h1-9,17,19-20H,(H,28,29,30)(H2,31,32,33)/t17-,19-,20-/m0/s1. The zero-order chi connectivity index (χ0) is 24.3. The number of anilines is 1. The molecule has 0 radical (unpaired) electrons. The van der Waals surface area contributed by atoms with Gasteiger partial charge in [0, 0.05) is 23.5 Å². The summed E-state index contributed by atoms with van der Waals surface area (Å²) in [6.45, 7) is 0. The van der Waals surface area contributed by atoms with E-state index in [2.05, 4.69) is 25.6 Å². The monoisotopic (exact) mass is 485 g/mol. The number of nitrogens with one attached hydrogen (secondary N) is 3. The van der Waals surface area contributed by atoms with Crippen LogP contribution in [0.4, 0.5) is 28.0 Å². The van der Waals surface area contributed by atoms with E-state index in [0.29, 0.717) is 40.5 Å². The van der Waals surface area contributed by atoms with Crippen molar-refractivity contribution in [3.63, 3.8) is 0 Å². The predicted octanol–water partition coefficient (Wildman–Crippen LogP) is 4.96. The van der Waals surface area contributed by atoms with E-state index in [4.69, 9.17) is 9.47 Å². The molecule has 0 saturated heterocycles. The van der Waals surface area contributed by atoms with Gasteiger partial charge in [0.2, 0.25) is 0 Å². The third-order valence-corrected chi connectivity index (χ3v) is 5.90. The highest BCUT2D eigenvalue weighted by Crippen LogP contribution is 2.54. The van der Waals surface area contributed by atoms with Crippen LogP contribution in [0, 0.1) is 5.82 Å². The van der Waals surface area contributed by atoms with Crippen molar-refractivity contribution in [1.82, 2.24) is 20.3 Å². The number of hydrogen-bond acceptors (Lipinski definition) is 5. The van der Waals surface area contributed by atoms with Gasteiger partial charge in [-0.1, -0.05) is 0 Å². The van der Waals surface area contributed by atoms with Gasteiger partial charge < -0.3 is 25.1 Å². The largest absolute Gasteiger partial charge is 0.487 e. The van der Waals surface area contributed by atoms with E-state index in [1.807, 2.05) is 6.07 Å². The van der Waals surface area contributed by atoms with Crippen molar-refractivity contribution in [3.05, 3.63) is 71.9 Å². The number of hydrogen-bond donors (Lipinski definition) is 3. The summed E-state index contributed by atoms with van der Waals surface area (Å²) >= 11 is 0. The molecule has 1 aliphatic carbocycles. The molecule has 2 aromatic heterocycles. The fraction of sp³-hybridized carbons (Fsp3) is 0.174. The van der Waals surface area contributed by atoms with Crippen LogP contribution in [0.25, 0.3) is 11.2 Å². The molecule has 4 aromatic rings. The number of H-pyrrole nitrogens is 1. The number of carbonyl (C=O) groups is 1. The van der Waals surface area contributed by atoms with Gasteiger partial charge in [-0.05, 0) is 36.4 Å². The zero-order valence-electron chi connectivity index (χ0n) is 17.6. The van der Waals surface area contributed by atoms with Crippen LogP contribution in [-0.4, -0.2) is 33.1 Å². The van der Waals surface area contributed by atoms with E-state index in [-0.39, 0.29) is 23.8 Å². The van der Waals surface area contributed by atoms with Gasteiger partial charge in [0.1, 0.15) is 28.9 Å². The average Bonchev–Trinajstić information content (AvgIpc) is 3.14. The summed E-state index contributed by atoms with van der Waals surface area (Å²) < 4.78 is 64.1. The highest BCUT2D eigenvalue weighted by Gasteiger charge is 2.59. The van der Waals surface area contributed by atoms with Crippen molar-refractivity contribution < 1.29 is 31.8 Å². The molecular weight excluding hydrogens is 470 g/mol. The van der Waals surface area contributed by atoms with Crippen LogP contribution < -0.4 is 20.1 Å². The lowest BCUT2D eigenvalue weighted by molar-refractivity contribution is -0.139. The summed E-state index contributed by atoms with van der Waals surface area (Å²) in [5.41, 5.74) is 0.382. The van der Waals surface area contributed by atoms with Crippen LogP contribution in [0.1, 0.15) is 17.0 Å². The van der Waals surface area contributed by atoms with Crippen LogP contribution in [0.5, 0.6) is 17.2 Å². The number of imidazole rings is 1. The number of ether oxygens (including phenoxy) is 2. The molecule has 1 aliphatic heterocycles. The molecule has 0 spiro atoms. The molecule has 35 heavy (non-hydrogen) atoms. The Morgan fingerprint density at radius 1 is 1.11 bits per heavy atom. The molecule has 8 nitrogen and oxygen atoms in total. The summed E-state index contributed by atoms with van der Waals surface area (Å²) in [7, 11) is 0. The lowest BCUT2D eigenvalue weighted by Gasteiger charge is -2.14. The van der Waals surface area contributed by atoms with Gasteiger partial charge in [-0.25, -0.2) is 19.2 Å². The number of nitrogens with zero attached hydrogens (tertiary/aromatic N) is 2. The van der Waals surface area contributed by atoms with Gasteiger partial charge >= 0.3 is 12.2 Å². The number of rotatable bonds is 4. The molecule has 1 fully saturated rings. The van der Waals surface area contributed by atoms with Gasteiger partial charge in [0.25, 0.3) is 0 Å². The molecule has 2 aromatic carbocycles. The summed E-state index contributed by atoms with van der Waals surface area (Å²) in [6.07, 6.45) is -2.07. The Kier molecular flexibility index (Phi) is 4.59. The van der Waals surface area contributed by atoms with Crippen molar-refractivity contribution in [3.8, 4) is 17.2 Å². The first kappa shape index (κ1) is 21.2. The highest BCUT2D eigenvalue weighted by molar-refractivity contribution is 5.90. The van der Waals surface area contributed by atoms with Crippen LogP contribution in [0.2, 0.25) is 0 Å². The number of pyridine rings is 1. The molecule has 12 heteroatoms. The van der Waals surface area contributed by atoms with E-state index in [1.54, 1.807) is 24.4 Å². The predicted molar refractivity (Wildman–Crippen MR) is 115 cm³/mol. The maximum absolute atomic E-state index is 13.5. The van der Waals surface area contributed by atoms with E-state index in [0.717, 1.165) is 11.6 Å². The summed E-state index contributed by atoms with van der Waals surface area (Å²) in [4.78, 5) is 23.6. The normalized spacial score (nSPS) is 20.1. The number of urea groups is 1. The smallest absolute Gasteiger partial charge is 0.419 e. The number of carbonyl (C=O) groups excluding carboxylic acids is 1. The molecule has 3 heterocycles. The third kappa shape index (κ3) is 3.76. The van der Waals surface area contributed by atoms with Gasteiger partial charge in [0.05, 0.1) is 23.9 Å². The molecule has 2 amide bonds. The number of alkyl halides is 3. The Balaban J connectivity index is 1.14. The van der Waals surface area contributed by atoms with Crippen LogP contribution in [0.15, 0.2) is 55.0 Å². The van der Waals surface area contributed by atoms with Crippen LogP contribution in [-0.2, 0) is 6.18 Å². The second kappa shape index (κ2) is 7.58. The van der Waals surface area contributed by atoms with Crippen LogP contribution in [0.3, 0.4) is 0 Å². The van der Waals surface area contributed by atoms with Gasteiger partial charge in [0.15, 0.2) is 11.4 Å². The summed E-state index contributed by atoms with van der Waals surface area (Å²) in [5, 5.41) is 5.01. The molecule has 0 unspecified atom stereocenters. The molecule has 6 rings (SSSR count). The van der Waals surface area contributed by atoms with E-state index < -0.39 is 23.6 Å². The second-order valence-electron chi connectivity index (χ2n) is 8.14. The maximum Gasteiger partial charge on any atom is 0.419 e. The van der Waals surface area contributed by atoms with Gasteiger partial charge in [-0.2, -0.15) is 13.2 Å². The number of aromatic amines is 1. The van der Waals surface area contributed by atoms with Crippen molar-refractivity contribution in [1.29, 1.82) is 0 Å². The zero-order valence-corrected chi connectivity index (χ0v) is 17.6. The number of benzene rings is 2. The van der Waals surface area contributed by atoms with E-state index in [9.17, 15) is 22.4 Å². The molecule has 1 saturated carbocycles. The minimum atomic E-state index is -4.87. The maximum atomic E-state index is 13.5. The minimum Gasteiger partial charge on any atom is -0.487 e. The quantitative estimate of drug-likeness (QED) is 0.355. The lowest BCUT2D eigenvalue weighted by Crippen LogP contribution is -2.34. The van der Waals surface area contributed by atoms with Gasteiger partial charge in [-0.15, -0.1) is 0 Å². The minimum absolute atomic E-state index is 0.136. The summed E-state index contributed by atoms with van der Waals surface area (Å²) in [6, 6.07) is 8.23. The highest BCUT2D eigenvalue weighted by atomic mass is 19.4. The second-order valence-corrected chi connectivity index (χ2v) is 8.14.